The van der Waals surface area contributed by atoms with E-state index >= 15 is 0 Å². The van der Waals surface area contributed by atoms with Gasteiger partial charge in [-0.05, 0) is 46.9 Å². The number of nitrogens with one attached hydrogen (secondary N) is 1. The van der Waals surface area contributed by atoms with Crippen molar-refractivity contribution in [2.24, 2.45) is 0 Å². The molecule has 7 heteroatoms. The first kappa shape index (κ1) is 18.5. The Hall–Kier alpha value is -1.86. The summed E-state index contributed by atoms with van der Waals surface area (Å²) in [4.78, 5) is 31.8. The Kier molecular flexibility index (Phi) is 5.66. The minimum absolute atomic E-state index is 0.0699. The fraction of sp³-hybridized carbons (Fsp3) is 0.647. The normalized spacial score (nSPS) is 20.7. The van der Waals surface area contributed by atoms with Crippen LogP contribution in [0, 0.1) is 13.8 Å². The van der Waals surface area contributed by atoms with E-state index in [1.54, 1.807) is 25.7 Å². The number of aliphatic hydroxyl groups excluding tert-OH is 1. The maximum absolute atomic E-state index is 13.0. The van der Waals surface area contributed by atoms with Crippen molar-refractivity contribution in [2.45, 2.75) is 39.3 Å². The van der Waals surface area contributed by atoms with Crippen molar-refractivity contribution in [1.82, 2.24) is 14.8 Å². The van der Waals surface area contributed by atoms with Gasteiger partial charge in [0, 0.05) is 18.3 Å². The van der Waals surface area contributed by atoms with Gasteiger partial charge in [0.15, 0.2) is 0 Å². The molecule has 2 atom stereocenters. The molecule has 2 N–H and O–H groups in total. The van der Waals surface area contributed by atoms with Crippen LogP contribution >= 0.6 is 0 Å². The van der Waals surface area contributed by atoms with Crippen LogP contribution in [0.15, 0.2) is 0 Å². The number of H-pyrrole nitrogens is 1. The minimum Gasteiger partial charge on any atom is -0.462 e. The Morgan fingerprint density at radius 1 is 1.38 bits per heavy atom. The Morgan fingerprint density at radius 2 is 2.04 bits per heavy atom. The summed E-state index contributed by atoms with van der Waals surface area (Å²) in [5.74, 6) is -0.608. The number of likely N-dealkylation sites (N-methyl/N-ethyl adjacent to an activating group) is 1. The lowest BCUT2D eigenvalue weighted by atomic mass is 10.1. The number of amides is 1. The molecule has 0 radical (unpaired) electrons. The highest BCUT2D eigenvalue weighted by Gasteiger charge is 2.37. The lowest BCUT2D eigenvalue weighted by Crippen LogP contribution is -2.39. The number of esters is 1. The molecule has 1 amide bonds. The Bertz CT molecular complexity index is 624. The molecule has 0 aromatic carbocycles. The lowest BCUT2D eigenvalue weighted by Gasteiger charge is -2.23. The van der Waals surface area contributed by atoms with Crippen LogP contribution in [0.3, 0.4) is 0 Å². The largest absolute Gasteiger partial charge is 0.462 e. The average Bonchev–Trinajstić information content (AvgIpc) is 3.08. The molecule has 7 nitrogen and oxygen atoms in total. The van der Waals surface area contributed by atoms with Gasteiger partial charge in [-0.1, -0.05) is 0 Å². The lowest BCUT2D eigenvalue weighted by molar-refractivity contribution is 0.0525. The molecule has 0 aliphatic carbocycles. The minimum atomic E-state index is -0.422. The standard InChI is InChI=1S/C17H27N3O4/c1-6-24-17(23)14-10(2)15(18-11(14)3)16(22)20-8-12(19(4)5)7-13(20)9-21/h12-13,18,21H,6-9H2,1-5H3/t12-,13+/m1/s1. The van der Waals surface area contributed by atoms with Crippen LogP contribution in [0.5, 0.6) is 0 Å². The van der Waals surface area contributed by atoms with Crippen LogP contribution < -0.4 is 0 Å². The molecule has 1 fully saturated rings. The van der Waals surface area contributed by atoms with Crippen molar-refractivity contribution >= 4 is 11.9 Å². The van der Waals surface area contributed by atoms with Gasteiger partial charge >= 0.3 is 5.97 Å². The van der Waals surface area contributed by atoms with E-state index in [2.05, 4.69) is 9.88 Å². The van der Waals surface area contributed by atoms with E-state index in [-0.39, 0.29) is 31.2 Å². The highest BCUT2D eigenvalue weighted by Crippen LogP contribution is 2.26. The molecular weight excluding hydrogens is 310 g/mol. The number of carbonyl (C=O) groups excluding carboxylic acids is 2. The second kappa shape index (κ2) is 7.36. The van der Waals surface area contributed by atoms with Crippen LogP contribution in [0.2, 0.25) is 0 Å². The number of aryl methyl sites for hydroxylation is 1. The third-order valence-corrected chi connectivity index (χ3v) is 4.73. The predicted molar refractivity (Wildman–Crippen MR) is 90.2 cm³/mol. The van der Waals surface area contributed by atoms with Crippen LogP contribution in [0.25, 0.3) is 0 Å². The molecule has 2 rings (SSSR count). The number of hydrogen-bond acceptors (Lipinski definition) is 5. The molecule has 1 saturated heterocycles. The summed E-state index contributed by atoms with van der Waals surface area (Å²) in [6, 6.07) is 0.00550. The zero-order valence-corrected chi connectivity index (χ0v) is 15.0. The van der Waals surface area contributed by atoms with Crippen LogP contribution in [0.4, 0.5) is 0 Å². The molecule has 24 heavy (non-hydrogen) atoms. The quantitative estimate of drug-likeness (QED) is 0.781. The second-order valence-electron chi connectivity index (χ2n) is 6.49. The predicted octanol–water partition coefficient (Wildman–Crippen LogP) is 0.945. The number of aromatic amines is 1. The van der Waals surface area contributed by atoms with Gasteiger partial charge in [0.05, 0.1) is 24.8 Å². The number of likely N-dealkylation sites (tertiary alicyclic amines) is 1. The van der Waals surface area contributed by atoms with Gasteiger partial charge in [0.2, 0.25) is 0 Å². The van der Waals surface area contributed by atoms with Crippen molar-refractivity contribution in [2.75, 3.05) is 33.9 Å². The molecule has 1 aliphatic rings. The summed E-state index contributed by atoms with van der Waals surface area (Å²) in [5.41, 5.74) is 2.04. The topological polar surface area (TPSA) is 85.9 Å². The van der Waals surface area contributed by atoms with E-state index in [0.29, 0.717) is 29.1 Å². The monoisotopic (exact) mass is 337 g/mol. The van der Waals surface area contributed by atoms with Crippen molar-refractivity contribution in [1.29, 1.82) is 0 Å². The van der Waals surface area contributed by atoms with Crippen molar-refractivity contribution in [3.8, 4) is 0 Å². The fourth-order valence-electron chi connectivity index (χ4n) is 3.30. The Balaban J connectivity index is 2.30. The summed E-state index contributed by atoms with van der Waals surface area (Å²) >= 11 is 0. The van der Waals surface area contributed by atoms with Gasteiger partial charge in [-0.25, -0.2) is 4.79 Å². The Labute approximate surface area is 142 Å². The molecule has 0 unspecified atom stereocenters. The van der Waals surface area contributed by atoms with E-state index in [0.717, 1.165) is 6.42 Å². The van der Waals surface area contributed by atoms with E-state index in [1.165, 1.54) is 0 Å². The van der Waals surface area contributed by atoms with Crippen LogP contribution in [-0.2, 0) is 4.74 Å². The number of ether oxygens (including phenoxy) is 1. The van der Waals surface area contributed by atoms with Crippen LogP contribution in [0.1, 0.15) is 45.4 Å². The van der Waals surface area contributed by atoms with Gasteiger partial charge in [-0.15, -0.1) is 0 Å². The summed E-state index contributed by atoms with van der Waals surface area (Å²) in [6.07, 6.45) is 0.735. The first-order valence-electron chi connectivity index (χ1n) is 8.26. The van der Waals surface area contributed by atoms with Crippen molar-refractivity contribution in [3.05, 3.63) is 22.5 Å². The highest BCUT2D eigenvalue weighted by atomic mass is 16.5. The van der Waals surface area contributed by atoms with Gasteiger partial charge in [0.1, 0.15) is 5.69 Å². The molecule has 0 bridgehead atoms. The van der Waals surface area contributed by atoms with Gasteiger partial charge in [0.25, 0.3) is 5.91 Å². The molecule has 2 heterocycles. The maximum atomic E-state index is 13.0. The number of aliphatic hydroxyl groups is 1. The number of hydrogen-bond donors (Lipinski definition) is 2. The third-order valence-electron chi connectivity index (χ3n) is 4.73. The van der Waals surface area contributed by atoms with Gasteiger partial charge < -0.3 is 24.6 Å². The van der Waals surface area contributed by atoms with Crippen molar-refractivity contribution < 1.29 is 19.4 Å². The maximum Gasteiger partial charge on any atom is 0.340 e. The summed E-state index contributed by atoms with van der Waals surface area (Å²) < 4.78 is 5.07. The molecule has 1 aromatic heterocycles. The number of carbonyl (C=O) groups is 2. The summed E-state index contributed by atoms with van der Waals surface area (Å²) in [7, 11) is 3.94. The molecular formula is C17H27N3O4. The smallest absolute Gasteiger partial charge is 0.340 e. The zero-order valence-electron chi connectivity index (χ0n) is 15.0. The van der Waals surface area contributed by atoms with Gasteiger partial charge in [-0.3, -0.25) is 4.79 Å². The average molecular weight is 337 g/mol. The molecule has 1 aliphatic heterocycles. The van der Waals surface area contributed by atoms with E-state index in [1.807, 2.05) is 14.1 Å². The molecule has 1 aromatic rings. The zero-order chi connectivity index (χ0) is 18.0. The third kappa shape index (κ3) is 3.32. The number of rotatable bonds is 5. The summed E-state index contributed by atoms with van der Waals surface area (Å²) in [6.45, 7) is 6.03. The van der Waals surface area contributed by atoms with E-state index in [4.69, 9.17) is 4.74 Å². The first-order valence-corrected chi connectivity index (χ1v) is 8.26. The van der Waals surface area contributed by atoms with Crippen molar-refractivity contribution in [3.63, 3.8) is 0 Å². The SMILES string of the molecule is CCOC(=O)c1c(C)[nH]c(C(=O)N2C[C@H](N(C)C)C[C@H]2CO)c1C. The molecule has 0 saturated carbocycles. The van der Waals surface area contributed by atoms with Crippen LogP contribution in [-0.4, -0.2) is 77.7 Å². The molecule has 134 valence electrons. The number of aromatic nitrogens is 1. The second-order valence-corrected chi connectivity index (χ2v) is 6.49. The number of nitrogens with zero attached hydrogens (tertiary/aromatic N) is 2. The Morgan fingerprint density at radius 3 is 2.58 bits per heavy atom. The fourth-order valence-corrected chi connectivity index (χ4v) is 3.30. The summed E-state index contributed by atoms with van der Waals surface area (Å²) in [5, 5.41) is 9.62. The molecule has 0 spiro atoms. The highest BCUT2D eigenvalue weighted by molar-refractivity contribution is 6.00. The first-order chi connectivity index (χ1) is 11.3. The van der Waals surface area contributed by atoms with E-state index in [9.17, 15) is 14.7 Å². The van der Waals surface area contributed by atoms with Gasteiger partial charge in [-0.2, -0.15) is 0 Å². The van der Waals surface area contributed by atoms with E-state index < -0.39 is 5.97 Å².